The van der Waals surface area contributed by atoms with Crippen molar-refractivity contribution in [1.29, 1.82) is 0 Å². The number of aliphatic hydroxyl groups is 1. The summed E-state index contributed by atoms with van der Waals surface area (Å²) in [5.41, 5.74) is 0.158. The predicted octanol–water partition coefficient (Wildman–Crippen LogP) is 5.70. The smallest absolute Gasteiger partial charge is 0.373 e. The number of benzene rings is 2. The highest BCUT2D eigenvalue weighted by atomic mass is 35.5. The molecule has 5 rings (SSSR count). The van der Waals surface area contributed by atoms with Crippen LogP contribution in [-0.4, -0.2) is 29.9 Å². The van der Waals surface area contributed by atoms with Gasteiger partial charge in [0.15, 0.2) is 5.65 Å². The van der Waals surface area contributed by atoms with E-state index in [4.69, 9.17) is 17.4 Å². The van der Waals surface area contributed by atoms with Crippen molar-refractivity contribution < 1.29 is 18.3 Å². The van der Waals surface area contributed by atoms with Gasteiger partial charge in [-0.1, -0.05) is 60.1 Å². The van der Waals surface area contributed by atoms with E-state index in [1.54, 1.807) is 42.9 Å². The monoisotopic (exact) mass is 566 g/mol. The molecule has 0 spiro atoms. The van der Waals surface area contributed by atoms with E-state index in [2.05, 4.69) is 15.1 Å². The number of fused-ring (bicyclic) bond motifs is 1. The van der Waals surface area contributed by atoms with Crippen molar-refractivity contribution in [2.24, 2.45) is 12.9 Å². The van der Waals surface area contributed by atoms with Crippen molar-refractivity contribution in [2.75, 3.05) is 0 Å². The Balaban J connectivity index is 1.76. The number of hydrogen-bond donors (Lipinski definition) is 2. The van der Waals surface area contributed by atoms with Crippen LogP contribution < -0.4 is 5.84 Å². The summed E-state index contributed by atoms with van der Waals surface area (Å²) in [5.74, 6) is 6.81. The van der Waals surface area contributed by atoms with E-state index < -0.39 is 23.5 Å². The zero-order chi connectivity index (χ0) is 28.7. The molecule has 3 heterocycles. The van der Waals surface area contributed by atoms with E-state index in [0.29, 0.717) is 22.4 Å². The Morgan fingerprint density at radius 1 is 1.00 bits per heavy atom. The number of nitrogens with zero attached hydrogens (tertiary/aromatic N) is 5. The van der Waals surface area contributed by atoms with Crippen LogP contribution in [-0.2, 0) is 25.2 Å². The van der Waals surface area contributed by atoms with Crippen molar-refractivity contribution in [3.8, 4) is 0 Å². The molecule has 0 radical (unpaired) electrons. The van der Waals surface area contributed by atoms with Crippen LogP contribution in [0.15, 0.2) is 85.2 Å². The number of pyridine rings is 2. The Labute approximate surface area is 233 Å². The number of aromatic nitrogens is 4. The zero-order valence-electron chi connectivity index (χ0n) is 21.6. The molecule has 3 N–H and O–H groups in total. The summed E-state index contributed by atoms with van der Waals surface area (Å²) >= 11 is 6.79. The number of aryl methyl sites for hydroxylation is 2. The summed E-state index contributed by atoms with van der Waals surface area (Å²) in [6, 6.07) is 19.1. The number of nitrogens with two attached hydrogens (primary N) is 1. The Hall–Kier alpha value is -3.83. The summed E-state index contributed by atoms with van der Waals surface area (Å²) in [6.07, 6.45) is -3.19. The van der Waals surface area contributed by atoms with E-state index >= 15 is 0 Å². The maximum Gasteiger partial charge on any atom is 0.416 e. The molecule has 0 aliphatic heterocycles. The minimum absolute atomic E-state index is 0.0823. The Morgan fingerprint density at radius 2 is 1.70 bits per heavy atom. The van der Waals surface area contributed by atoms with Crippen molar-refractivity contribution >= 4 is 22.6 Å². The summed E-state index contributed by atoms with van der Waals surface area (Å²) < 4.78 is 43.3. The van der Waals surface area contributed by atoms with Gasteiger partial charge in [0.05, 0.1) is 27.4 Å². The number of rotatable bonds is 7. The van der Waals surface area contributed by atoms with Gasteiger partial charge in [-0.05, 0) is 42.3 Å². The maximum atomic E-state index is 13.9. The summed E-state index contributed by atoms with van der Waals surface area (Å²) in [7, 11) is 1.73. The Kier molecular flexibility index (Phi) is 7.36. The highest BCUT2D eigenvalue weighted by molar-refractivity contribution is 6.36. The molecule has 0 aliphatic rings. The highest BCUT2D eigenvalue weighted by Gasteiger charge is 2.45. The molecule has 11 heteroatoms. The summed E-state index contributed by atoms with van der Waals surface area (Å²) in [4.78, 5) is 8.96. The fourth-order valence-corrected chi connectivity index (χ4v) is 5.45. The normalized spacial score (nSPS) is 14.4. The van der Waals surface area contributed by atoms with E-state index in [9.17, 15) is 18.3 Å². The van der Waals surface area contributed by atoms with Gasteiger partial charge >= 0.3 is 6.18 Å². The summed E-state index contributed by atoms with van der Waals surface area (Å²) in [5, 5.41) is 18.0. The summed E-state index contributed by atoms with van der Waals surface area (Å²) in [6.45, 7) is 1.77. The predicted molar refractivity (Wildman–Crippen MR) is 146 cm³/mol. The van der Waals surface area contributed by atoms with Gasteiger partial charge in [0, 0.05) is 31.4 Å². The van der Waals surface area contributed by atoms with E-state index in [0.717, 1.165) is 22.7 Å². The van der Waals surface area contributed by atoms with E-state index in [1.165, 1.54) is 18.5 Å². The zero-order valence-corrected chi connectivity index (χ0v) is 22.4. The van der Waals surface area contributed by atoms with Crippen molar-refractivity contribution in [3.63, 3.8) is 0 Å². The van der Waals surface area contributed by atoms with Gasteiger partial charge in [0.25, 0.3) is 0 Å². The first-order valence-electron chi connectivity index (χ1n) is 12.4. The lowest BCUT2D eigenvalue weighted by Gasteiger charge is -2.44. The van der Waals surface area contributed by atoms with Crippen molar-refractivity contribution in [3.05, 3.63) is 124 Å². The Morgan fingerprint density at radius 3 is 2.38 bits per heavy atom. The highest BCUT2D eigenvalue weighted by Crippen LogP contribution is 2.43. The number of hydrazine groups is 1. The second-order valence-electron chi connectivity index (χ2n) is 9.53. The minimum atomic E-state index is -4.60. The number of halogens is 4. The molecule has 0 amide bonds. The molecule has 0 saturated heterocycles. The quantitative estimate of drug-likeness (QED) is 0.149. The van der Waals surface area contributed by atoms with Gasteiger partial charge in [0.1, 0.15) is 11.8 Å². The molecule has 0 bridgehead atoms. The molecule has 0 saturated carbocycles. The molecule has 7 nitrogen and oxygen atoms in total. The third-order valence-corrected chi connectivity index (χ3v) is 7.44. The molecule has 3 aromatic heterocycles. The first kappa shape index (κ1) is 27.7. The lowest BCUT2D eigenvalue weighted by atomic mass is 9.79. The molecule has 40 heavy (non-hydrogen) atoms. The fraction of sp³-hybridized carbons (Fsp3) is 0.207. The fourth-order valence-electron chi connectivity index (χ4n) is 5.09. The topological polar surface area (TPSA) is 93.1 Å². The largest absolute Gasteiger partial charge is 0.416 e. The third kappa shape index (κ3) is 4.84. The van der Waals surface area contributed by atoms with Crippen LogP contribution in [0.25, 0.3) is 11.0 Å². The van der Waals surface area contributed by atoms with Gasteiger partial charge < -0.3 is 5.11 Å². The van der Waals surface area contributed by atoms with Crippen LogP contribution in [0.1, 0.15) is 39.9 Å². The molecule has 206 valence electrons. The number of alkyl halides is 3. The van der Waals surface area contributed by atoms with Crippen LogP contribution in [0.4, 0.5) is 13.2 Å². The lowest BCUT2D eigenvalue weighted by molar-refractivity contribution is -0.137. The average molecular weight is 567 g/mol. The second kappa shape index (κ2) is 10.6. The number of hydrogen-bond acceptors (Lipinski definition) is 6. The van der Waals surface area contributed by atoms with Gasteiger partial charge in [-0.15, -0.1) is 0 Å². The van der Waals surface area contributed by atoms with Crippen LogP contribution >= 0.6 is 11.6 Å². The molecule has 2 atom stereocenters. The second-order valence-corrected chi connectivity index (χ2v) is 9.91. The molecular weight excluding hydrogens is 541 g/mol. The van der Waals surface area contributed by atoms with E-state index in [1.807, 2.05) is 30.3 Å². The molecule has 0 fully saturated rings. The molecule has 5 aromatic rings. The average Bonchev–Trinajstić information content (AvgIpc) is 3.25. The van der Waals surface area contributed by atoms with Gasteiger partial charge in [-0.25, -0.2) is 4.98 Å². The molecule has 2 unspecified atom stereocenters. The molecular formula is C29H26ClF3N6O. The van der Waals surface area contributed by atoms with Gasteiger partial charge in [-0.3, -0.25) is 15.5 Å². The third-order valence-electron chi connectivity index (χ3n) is 7.03. The maximum absolute atomic E-state index is 13.9. The SMILES string of the molecule is Cc1nn(C)c2ncc(C(O)N(N)C(Cc3ccccc3)(c3cccc(C(F)(F)F)c3)c3ccccn3)c(Cl)c12. The van der Waals surface area contributed by atoms with Crippen LogP contribution in [0, 0.1) is 6.92 Å². The standard InChI is InChI=1S/C29H26ClF3N6O/c1-18-24-25(30)22(17-36-26(24)38(2)37-18)27(40)39(34)28(23-13-6-7-14-35-23,16-19-9-4-3-5-10-19)20-11-8-12-21(15-20)29(31,32)33/h3-15,17,27,40H,16,34H2,1-2H3. The van der Waals surface area contributed by atoms with Crippen LogP contribution in [0.3, 0.4) is 0 Å². The Bertz CT molecular complexity index is 1640. The van der Waals surface area contributed by atoms with E-state index in [-0.39, 0.29) is 22.6 Å². The molecule has 2 aromatic carbocycles. The first-order chi connectivity index (χ1) is 19.0. The van der Waals surface area contributed by atoms with Crippen LogP contribution in [0.2, 0.25) is 5.02 Å². The van der Waals surface area contributed by atoms with Crippen molar-refractivity contribution in [1.82, 2.24) is 24.8 Å². The lowest BCUT2D eigenvalue weighted by Crippen LogP contribution is -2.55. The van der Waals surface area contributed by atoms with Crippen LogP contribution in [0.5, 0.6) is 0 Å². The van der Waals surface area contributed by atoms with Gasteiger partial charge in [-0.2, -0.15) is 23.3 Å². The molecule has 0 aliphatic carbocycles. The number of aliphatic hydroxyl groups excluding tert-OH is 1. The van der Waals surface area contributed by atoms with Crippen molar-refractivity contribution in [2.45, 2.75) is 31.3 Å². The van der Waals surface area contributed by atoms with Gasteiger partial charge in [0.2, 0.25) is 0 Å². The minimum Gasteiger partial charge on any atom is -0.373 e. The first-order valence-corrected chi connectivity index (χ1v) is 12.7.